The highest BCUT2D eigenvalue weighted by atomic mass is 19.1. The van der Waals surface area contributed by atoms with Crippen LogP contribution in [0.1, 0.15) is 12.5 Å². The molecule has 0 aliphatic rings. The molecule has 0 bridgehead atoms. The molecule has 2 aromatic rings. The number of fused-ring (bicyclic) bond motifs is 1. The molecule has 0 atom stereocenters. The predicted octanol–water partition coefficient (Wildman–Crippen LogP) is 3.76. The van der Waals surface area contributed by atoms with Gasteiger partial charge in [0.1, 0.15) is 6.67 Å². The molecule has 0 fully saturated rings. The molecule has 3 N–H and O–H groups in total. The fraction of sp³-hybridized carbons (Fsp3) is 0.188. The summed E-state index contributed by atoms with van der Waals surface area (Å²) in [6, 6.07) is 7.52. The predicted molar refractivity (Wildman–Crippen MR) is 86.7 cm³/mol. The van der Waals surface area contributed by atoms with E-state index in [1.54, 1.807) is 12.1 Å². The number of benzene rings is 1. The summed E-state index contributed by atoms with van der Waals surface area (Å²) in [5.41, 5.74) is 2.57. The highest BCUT2D eigenvalue weighted by molar-refractivity contribution is 6.00. The number of aromatic nitrogens is 1. The summed E-state index contributed by atoms with van der Waals surface area (Å²) in [5.74, 6) is 4.98. The minimum Gasteiger partial charge on any atom is -0.343 e. The van der Waals surface area contributed by atoms with Gasteiger partial charge < -0.3 is 10.4 Å². The number of allylic oxidation sites excluding steroid dienone is 4. The Morgan fingerprint density at radius 2 is 2.23 bits per heavy atom. The Hall–Kier alpha value is -2.76. The van der Waals surface area contributed by atoms with Gasteiger partial charge >= 0.3 is 0 Å². The lowest BCUT2D eigenvalue weighted by Crippen LogP contribution is -1.99. The van der Waals surface area contributed by atoms with Crippen LogP contribution in [0.2, 0.25) is 0 Å². The van der Waals surface area contributed by atoms with Gasteiger partial charge in [0.15, 0.2) is 5.84 Å². The standard InChI is InChI=1S/C16H18FN5/c1-2-3-12(6-8-17)11-22-9-7-13-10-14(4-5-15(13)22)16(18)20-21-19/h2-7,9-10H,8,11H2,1H3,(H3,18,19,20)/b3-2-,12-6+. The van der Waals surface area contributed by atoms with Crippen molar-refractivity contribution in [1.29, 1.82) is 5.41 Å². The number of nitrogens with one attached hydrogen (secondary N) is 1. The van der Waals surface area contributed by atoms with Gasteiger partial charge in [-0.1, -0.05) is 17.4 Å². The first-order valence-corrected chi connectivity index (χ1v) is 6.86. The Balaban J connectivity index is 2.34. The molecule has 1 heterocycles. The molecule has 2 rings (SSSR count). The molecule has 0 radical (unpaired) electrons. The molecule has 5 nitrogen and oxygen atoms in total. The van der Waals surface area contributed by atoms with Crippen LogP contribution in [-0.2, 0) is 6.54 Å². The van der Waals surface area contributed by atoms with E-state index in [1.165, 1.54) is 0 Å². The number of hydrogen-bond acceptors (Lipinski definition) is 2. The molecule has 0 amide bonds. The second-order valence-corrected chi connectivity index (χ2v) is 4.71. The van der Waals surface area contributed by atoms with E-state index in [0.29, 0.717) is 12.1 Å². The Morgan fingerprint density at radius 1 is 1.41 bits per heavy atom. The number of alkyl halides is 1. The fourth-order valence-corrected chi connectivity index (χ4v) is 2.30. The minimum atomic E-state index is -0.482. The largest absolute Gasteiger partial charge is 0.343 e. The molecule has 0 saturated heterocycles. The maximum Gasteiger partial charge on any atom is 0.176 e. The highest BCUT2D eigenvalue weighted by Crippen LogP contribution is 2.20. The fourth-order valence-electron chi connectivity index (χ4n) is 2.30. The summed E-state index contributed by atoms with van der Waals surface area (Å²) in [7, 11) is 0. The van der Waals surface area contributed by atoms with E-state index in [2.05, 4.69) is 10.3 Å². The number of halogens is 1. The van der Waals surface area contributed by atoms with Crippen molar-refractivity contribution in [2.24, 2.45) is 16.2 Å². The first-order valence-electron chi connectivity index (χ1n) is 6.86. The van der Waals surface area contributed by atoms with E-state index >= 15 is 0 Å². The van der Waals surface area contributed by atoms with Crippen LogP contribution < -0.4 is 5.84 Å². The number of nitrogens with zero attached hydrogens (tertiary/aromatic N) is 3. The van der Waals surface area contributed by atoms with E-state index in [9.17, 15) is 4.39 Å². The first kappa shape index (κ1) is 15.6. The number of rotatable bonds is 5. The lowest BCUT2D eigenvalue weighted by Gasteiger charge is -2.07. The van der Waals surface area contributed by atoms with Gasteiger partial charge in [0.25, 0.3) is 0 Å². The van der Waals surface area contributed by atoms with E-state index in [4.69, 9.17) is 11.3 Å². The normalized spacial score (nSPS) is 12.7. The molecule has 1 aromatic heterocycles. The molecule has 0 spiro atoms. The molecule has 1 aromatic carbocycles. The van der Waals surface area contributed by atoms with Crippen molar-refractivity contribution >= 4 is 16.7 Å². The van der Waals surface area contributed by atoms with Gasteiger partial charge in [0.2, 0.25) is 0 Å². The van der Waals surface area contributed by atoms with Crippen LogP contribution in [-0.4, -0.2) is 17.1 Å². The minimum absolute atomic E-state index is 0.0177. The number of hydrogen-bond donors (Lipinski definition) is 2. The summed E-state index contributed by atoms with van der Waals surface area (Å²) in [4.78, 5) is 0. The molecular weight excluding hydrogens is 281 g/mol. The summed E-state index contributed by atoms with van der Waals surface area (Å²) >= 11 is 0. The molecule has 22 heavy (non-hydrogen) atoms. The third kappa shape index (κ3) is 3.46. The van der Waals surface area contributed by atoms with Crippen LogP contribution >= 0.6 is 0 Å². The Morgan fingerprint density at radius 3 is 2.91 bits per heavy atom. The maximum atomic E-state index is 12.6. The van der Waals surface area contributed by atoms with Crippen LogP contribution in [0.5, 0.6) is 0 Å². The first-order chi connectivity index (χ1) is 10.7. The lowest BCUT2D eigenvalue weighted by atomic mass is 10.1. The Kier molecular flexibility index (Phi) is 5.19. The number of nitrogens with two attached hydrogens (primary N) is 1. The topological polar surface area (TPSA) is 79.5 Å². The van der Waals surface area contributed by atoms with Crippen molar-refractivity contribution in [3.05, 3.63) is 59.8 Å². The zero-order valence-electron chi connectivity index (χ0n) is 12.3. The van der Waals surface area contributed by atoms with E-state index in [-0.39, 0.29) is 5.84 Å². The van der Waals surface area contributed by atoms with Gasteiger partial charge in [-0.15, -0.1) is 5.11 Å². The molecule has 0 aliphatic heterocycles. The average molecular weight is 299 g/mol. The van der Waals surface area contributed by atoms with Crippen molar-refractivity contribution < 1.29 is 4.39 Å². The van der Waals surface area contributed by atoms with Gasteiger partial charge in [-0.3, -0.25) is 5.41 Å². The monoisotopic (exact) mass is 299 g/mol. The van der Waals surface area contributed by atoms with E-state index < -0.39 is 6.67 Å². The van der Waals surface area contributed by atoms with E-state index in [1.807, 2.05) is 48.0 Å². The van der Waals surface area contributed by atoms with Gasteiger partial charge in [0, 0.05) is 29.2 Å². The molecular formula is C16H18FN5. The zero-order valence-corrected chi connectivity index (χ0v) is 12.3. The summed E-state index contributed by atoms with van der Waals surface area (Å²) in [5, 5.41) is 15.4. The second-order valence-electron chi connectivity index (χ2n) is 4.71. The van der Waals surface area contributed by atoms with Crippen LogP contribution in [0.15, 0.2) is 64.6 Å². The average Bonchev–Trinajstić information content (AvgIpc) is 2.90. The quantitative estimate of drug-likeness (QED) is 0.216. The van der Waals surface area contributed by atoms with Gasteiger partial charge in [-0.05, 0) is 42.8 Å². The maximum absolute atomic E-state index is 12.6. The summed E-state index contributed by atoms with van der Waals surface area (Å²) in [6.45, 7) is 2.02. The SMILES string of the molecule is C/C=C\C(=C/CF)Cn1ccc2cc(C(=N)N=NN)ccc21. The van der Waals surface area contributed by atoms with Crippen molar-refractivity contribution in [3.63, 3.8) is 0 Å². The van der Waals surface area contributed by atoms with Crippen LogP contribution in [0.3, 0.4) is 0 Å². The third-order valence-corrected chi connectivity index (χ3v) is 3.28. The van der Waals surface area contributed by atoms with Crippen molar-refractivity contribution in [2.75, 3.05) is 6.67 Å². The van der Waals surface area contributed by atoms with Crippen LogP contribution in [0.25, 0.3) is 10.9 Å². The Labute approximate surface area is 128 Å². The van der Waals surface area contributed by atoms with Crippen LogP contribution in [0.4, 0.5) is 4.39 Å². The van der Waals surface area contributed by atoms with Gasteiger partial charge in [0.05, 0.1) is 0 Å². The van der Waals surface area contributed by atoms with Crippen molar-refractivity contribution in [3.8, 4) is 0 Å². The molecule has 6 heteroatoms. The third-order valence-electron chi connectivity index (χ3n) is 3.28. The Bertz CT molecular complexity index is 755. The highest BCUT2D eigenvalue weighted by Gasteiger charge is 2.06. The summed E-state index contributed by atoms with van der Waals surface area (Å²) in [6.07, 6.45) is 7.30. The van der Waals surface area contributed by atoms with Crippen molar-refractivity contribution in [1.82, 2.24) is 4.57 Å². The molecule has 0 aliphatic carbocycles. The second kappa shape index (κ2) is 7.31. The molecule has 0 saturated carbocycles. The lowest BCUT2D eigenvalue weighted by molar-refractivity contribution is 0.558. The smallest absolute Gasteiger partial charge is 0.176 e. The van der Waals surface area contributed by atoms with Gasteiger partial charge in [-0.25, -0.2) is 4.39 Å². The number of amidine groups is 1. The van der Waals surface area contributed by atoms with E-state index in [0.717, 1.165) is 16.5 Å². The molecule has 114 valence electrons. The molecule has 0 unspecified atom stereocenters. The summed E-state index contributed by atoms with van der Waals surface area (Å²) < 4.78 is 14.6. The van der Waals surface area contributed by atoms with Crippen LogP contribution in [0, 0.1) is 5.41 Å². The zero-order chi connectivity index (χ0) is 15.9. The van der Waals surface area contributed by atoms with Gasteiger partial charge in [-0.2, -0.15) is 0 Å². The van der Waals surface area contributed by atoms with Crippen molar-refractivity contribution in [2.45, 2.75) is 13.5 Å².